The summed E-state index contributed by atoms with van der Waals surface area (Å²) < 4.78 is 5.39. The Kier molecular flexibility index (Phi) is 5.24. The molecule has 26 heavy (non-hydrogen) atoms. The van der Waals surface area contributed by atoms with Crippen molar-refractivity contribution in [2.75, 3.05) is 49.6 Å². The molecule has 2 aromatic rings. The van der Waals surface area contributed by atoms with Crippen LogP contribution in [-0.2, 0) is 16.0 Å². The van der Waals surface area contributed by atoms with Crippen LogP contribution < -0.4 is 10.2 Å². The van der Waals surface area contributed by atoms with E-state index in [2.05, 4.69) is 45.6 Å². The molecule has 1 aromatic heterocycles. The molecule has 2 aliphatic heterocycles. The molecular weight excluding hydrogens is 346 g/mol. The number of nitrogens with zero attached hydrogens (tertiary/aromatic N) is 2. The third kappa shape index (κ3) is 3.77. The molecule has 4 rings (SSSR count). The first-order valence-corrected chi connectivity index (χ1v) is 10.1. The van der Waals surface area contributed by atoms with Gasteiger partial charge in [0.1, 0.15) is 0 Å². The van der Waals surface area contributed by atoms with Crippen molar-refractivity contribution in [3.8, 4) is 0 Å². The van der Waals surface area contributed by atoms with E-state index in [9.17, 15) is 4.79 Å². The van der Waals surface area contributed by atoms with Crippen LogP contribution in [0.5, 0.6) is 0 Å². The van der Waals surface area contributed by atoms with Gasteiger partial charge < -0.3 is 15.0 Å². The van der Waals surface area contributed by atoms with Crippen LogP contribution in [0.4, 0.5) is 11.4 Å². The largest absolute Gasteiger partial charge is 0.378 e. The van der Waals surface area contributed by atoms with Crippen LogP contribution in [-0.4, -0.2) is 50.2 Å². The molecule has 0 saturated carbocycles. The van der Waals surface area contributed by atoms with E-state index in [0.717, 1.165) is 45.0 Å². The molecule has 1 unspecified atom stereocenters. The van der Waals surface area contributed by atoms with Crippen molar-refractivity contribution in [3.63, 3.8) is 0 Å². The monoisotopic (exact) mass is 371 g/mol. The molecule has 0 aliphatic carbocycles. The summed E-state index contributed by atoms with van der Waals surface area (Å²) in [6, 6.07) is 10.6. The summed E-state index contributed by atoms with van der Waals surface area (Å²) in [5.41, 5.74) is 3.41. The van der Waals surface area contributed by atoms with Crippen LogP contribution in [0.3, 0.4) is 0 Å². The second-order valence-corrected chi connectivity index (χ2v) is 7.89. The lowest BCUT2D eigenvalue weighted by atomic mass is 10.0. The van der Waals surface area contributed by atoms with Crippen molar-refractivity contribution in [2.24, 2.45) is 0 Å². The summed E-state index contributed by atoms with van der Waals surface area (Å²) in [4.78, 5) is 18.5. The number of morpholine rings is 1. The lowest BCUT2D eigenvalue weighted by Gasteiger charge is -2.33. The Hall–Kier alpha value is -1.89. The number of fused-ring (bicyclic) bond motifs is 1. The second kappa shape index (κ2) is 7.78. The van der Waals surface area contributed by atoms with Gasteiger partial charge in [-0.05, 0) is 54.6 Å². The van der Waals surface area contributed by atoms with Gasteiger partial charge in [0.2, 0.25) is 5.91 Å². The Morgan fingerprint density at radius 1 is 1.19 bits per heavy atom. The van der Waals surface area contributed by atoms with Crippen LogP contribution in [0.1, 0.15) is 23.4 Å². The molecule has 0 bridgehead atoms. The minimum Gasteiger partial charge on any atom is -0.378 e. The standard InChI is InChI=1S/C20H25N3O2S/c1-15-18-7-13-26-19(18)6-8-23(15)14-20(24)21-16-2-4-17(5-3-16)22-9-11-25-12-10-22/h2-5,7,13,15H,6,8-12,14H2,1H3,(H,21,24). The van der Waals surface area contributed by atoms with E-state index in [1.54, 1.807) is 0 Å². The Balaban J connectivity index is 1.33. The number of amides is 1. The van der Waals surface area contributed by atoms with Crippen molar-refractivity contribution in [1.29, 1.82) is 0 Å². The van der Waals surface area contributed by atoms with Gasteiger partial charge in [-0.15, -0.1) is 11.3 Å². The molecule has 0 spiro atoms. The van der Waals surface area contributed by atoms with Gasteiger partial charge in [0, 0.05) is 41.9 Å². The summed E-state index contributed by atoms with van der Waals surface area (Å²) in [6.07, 6.45) is 1.04. The minimum atomic E-state index is 0.0506. The number of hydrogen-bond donors (Lipinski definition) is 1. The van der Waals surface area contributed by atoms with E-state index in [1.807, 2.05) is 23.5 Å². The van der Waals surface area contributed by atoms with Gasteiger partial charge in [0.05, 0.1) is 19.8 Å². The molecule has 1 amide bonds. The average Bonchev–Trinajstić information content (AvgIpc) is 3.15. The van der Waals surface area contributed by atoms with Crippen LogP contribution in [0, 0.1) is 0 Å². The molecule has 2 aliphatic rings. The Labute approximate surface area is 158 Å². The third-order valence-electron chi connectivity index (χ3n) is 5.28. The van der Waals surface area contributed by atoms with E-state index in [1.165, 1.54) is 16.1 Å². The Morgan fingerprint density at radius 2 is 1.96 bits per heavy atom. The number of carbonyl (C=O) groups is 1. The number of thiophene rings is 1. The number of rotatable bonds is 4. The quantitative estimate of drug-likeness (QED) is 0.897. The van der Waals surface area contributed by atoms with Crippen molar-refractivity contribution in [2.45, 2.75) is 19.4 Å². The normalized spacial score (nSPS) is 20.7. The predicted molar refractivity (Wildman–Crippen MR) is 106 cm³/mol. The van der Waals surface area contributed by atoms with E-state index >= 15 is 0 Å². The summed E-state index contributed by atoms with van der Waals surface area (Å²) >= 11 is 1.83. The molecule has 1 N–H and O–H groups in total. The van der Waals surface area contributed by atoms with Crippen LogP contribution >= 0.6 is 11.3 Å². The predicted octanol–water partition coefficient (Wildman–Crippen LogP) is 3.14. The van der Waals surface area contributed by atoms with Crippen LogP contribution in [0.15, 0.2) is 35.7 Å². The topological polar surface area (TPSA) is 44.8 Å². The SMILES string of the molecule is CC1c2ccsc2CCN1CC(=O)Nc1ccc(N2CCOCC2)cc1. The number of carbonyl (C=O) groups excluding carboxylic acids is 1. The van der Waals surface area contributed by atoms with Gasteiger partial charge in [0.15, 0.2) is 0 Å². The van der Waals surface area contributed by atoms with Gasteiger partial charge >= 0.3 is 0 Å². The fourth-order valence-corrected chi connectivity index (χ4v) is 4.70. The first kappa shape index (κ1) is 17.5. The third-order valence-corrected chi connectivity index (χ3v) is 6.27. The van der Waals surface area contributed by atoms with E-state index in [0.29, 0.717) is 12.6 Å². The van der Waals surface area contributed by atoms with Gasteiger partial charge in [-0.3, -0.25) is 9.69 Å². The van der Waals surface area contributed by atoms with Crippen LogP contribution in [0.25, 0.3) is 0 Å². The highest BCUT2D eigenvalue weighted by Gasteiger charge is 2.26. The maximum absolute atomic E-state index is 12.5. The molecule has 1 fully saturated rings. The fraction of sp³-hybridized carbons (Fsp3) is 0.450. The molecule has 138 valence electrons. The molecule has 0 radical (unpaired) electrons. The summed E-state index contributed by atoms with van der Waals surface area (Å²) in [5, 5.41) is 5.19. The molecular formula is C20H25N3O2S. The van der Waals surface area contributed by atoms with Crippen molar-refractivity contribution in [3.05, 3.63) is 46.2 Å². The van der Waals surface area contributed by atoms with Gasteiger partial charge in [-0.2, -0.15) is 0 Å². The molecule has 3 heterocycles. The summed E-state index contributed by atoms with van der Waals surface area (Å²) in [7, 11) is 0. The number of benzene rings is 1. The fourth-order valence-electron chi connectivity index (χ4n) is 3.74. The van der Waals surface area contributed by atoms with Gasteiger partial charge in [-0.25, -0.2) is 0 Å². The van der Waals surface area contributed by atoms with Crippen LogP contribution in [0.2, 0.25) is 0 Å². The number of ether oxygens (including phenoxy) is 1. The maximum Gasteiger partial charge on any atom is 0.238 e. The average molecular weight is 372 g/mol. The highest BCUT2D eigenvalue weighted by molar-refractivity contribution is 7.10. The van der Waals surface area contributed by atoms with Gasteiger partial charge in [0.25, 0.3) is 0 Å². The first-order valence-electron chi connectivity index (χ1n) is 9.23. The highest BCUT2D eigenvalue weighted by Crippen LogP contribution is 2.32. The zero-order valence-corrected chi connectivity index (χ0v) is 15.9. The van der Waals surface area contributed by atoms with Crippen molar-refractivity contribution in [1.82, 2.24) is 4.90 Å². The lowest BCUT2D eigenvalue weighted by molar-refractivity contribution is -0.117. The minimum absolute atomic E-state index is 0.0506. The van der Waals surface area contributed by atoms with E-state index in [4.69, 9.17) is 4.74 Å². The zero-order chi connectivity index (χ0) is 17.9. The number of hydrogen-bond acceptors (Lipinski definition) is 5. The van der Waals surface area contributed by atoms with E-state index < -0.39 is 0 Å². The lowest BCUT2D eigenvalue weighted by Crippen LogP contribution is -2.39. The number of anilines is 2. The summed E-state index contributed by atoms with van der Waals surface area (Å²) in [5.74, 6) is 0.0506. The molecule has 1 atom stereocenters. The maximum atomic E-state index is 12.5. The highest BCUT2D eigenvalue weighted by atomic mass is 32.1. The molecule has 6 heteroatoms. The van der Waals surface area contributed by atoms with Gasteiger partial charge in [-0.1, -0.05) is 0 Å². The number of nitrogens with one attached hydrogen (secondary N) is 1. The second-order valence-electron chi connectivity index (χ2n) is 6.89. The van der Waals surface area contributed by atoms with Crippen molar-refractivity contribution < 1.29 is 9.53 Å². The molecule has 1 aromatic carbocycles. The summed E-state index contributed by atoms with van der Waals surface area (Å²) in [6.45, 7) is 6.96. The van der Waals surface area contributed by atoms with Crippen molar-refractivity contribution >= 4 is 28.6 Å². The van der Waals surface area contributed by atoms with E-state index in [-0.39, 0.29) is 5.91 Å². The molecule has 5 nitrogen and oxygen atoms in total. The Bertz CT molecular complexity index is 753. The zero-order valence-electron chi connectivity index (χ0n) is 15.1. The first-order chi connectivity index (χ1) is 12.7. The Morgan fingerprint density at radius 3 is 2.73 bits per heavy atom. The smallest absolute Gasteiger partial charge is 0.238 e. The molecule has 1 saturated heterocycles.